The van der Waals surface area contributed by atoms with E-state index < -0.39 is 28.4 Å². The van der Waals surface area contributed by atoms with Crippen molar-refractivity contribution in [2.75, 3.05) is 0 Å². The zero-order valence-corrected chi connectivity index (χ0v) is 14.7. The minimum absolute atomic E-state index is 0.332. The van der Waals surface area contributed by atoms with Crippen molar-refractivity contribution in [2.45, 2.75) is 38.2 Å². The molecule has 1 aliphatic heterocycles. The monoisotopic (exact) mass is 371 g/mol. The molecule has 0 aliphatic carbocycles. The van der Waals surface area contributed by atoms with Crippen LogP contribution >= 0.6 is 0 Å². The van der Waals surface area contributed by atoms with Crippen LogP contribution in [0.2, 0.25) is 0 Å². The zero-order valence-electron chi connectivity index (χ0n) is 14.7. The topological polar surface area (TPSA) is 128 Å². The average molecular weight is 371 g/mol. The summed E-state index contributed by atoms with van der Waals surface area (Å²) in [6, 6.07) is 8.64. The Hall–Kier alpha value is -3.38. The number of aliphatic hydroxyl groups excluding tert-OH is 1. The van der Waals surface area contributed by atoms with Crippen LogP contribution in [0.1, 0.15) is 36.6 Å². The van der Waals surface area contributed by atoms with Crippen LogP contribution in [0.15, 0.2) is 41.3 Å². The number of aliphatic hydroxyl groups is 1. The van der Waals surface area contributed by atoms with Crippen molar-refractivity contribution >= 4 is 0 Å². The minimum atomic E-state index is -1.11. The molecule has 0 bridgehead atoms. The molecule has 2 unspecified atom stereocenters. The first-order chi connectivity index (χ1) is 12.7. The molecule has 0 spiro atoms. The highest BCUT2D eigenvalue weighted by Crippen LogP contribution is 2.41. The van der Waals surface area contributed by atoms with Crippen molar-refractivity contribution in [3.05, 3.63) is 73.7 Å². The Kier molecular flexibility index (Phi) is 4.59. The van der Waals surface area contributed by atoms with E-state index in [-0.39, 0.29) is 6.61 Å². The highest BCUT2D eigenvalue weighted by atomic mass is 16.9. The third kappa shape index (κ3) is 3.47. The van der Waals surface area contributed by atoms with Gasteiger partial charge >= 0.3 is 0 Å². The first kappa shape index (κ1) is 18.4. The zero-order chi connectivity index (χ0) is 19.8. The van der Waals surface area contributed by atoms with Gasteiger partial charge < -0.3 is 19.2 Å². The van der Waals surface area contributed by atoms with Crippen LogP contribution in [0.5, 0.6) is 5.75 Å². The Labute approximate surface area is 154 Å². The molecule has 1 aromatic heterocycles. The fraction of sp³-hybridized carbons (Fsp3) is 0.333. The summed E-state index contributed by atoms with van der Waals surface area (Å²) < 4.78 is 7.13. The van der Waals surface area contributed by atoms with Gasteiger partial charge in [-0.05, 0) is 37.6 Å². The van der Waals surface area contributed by atoms with Crippen LogP contribution in [0, 0.1) is 21.4 Å². The van der Waals surface area contributed by atoms with E-state index in [2.05, 4.69) is 4.84 Å². The summed E-state index contributed by atoms with van der Waals surface area (Å²) in [5.41, 5.74) is -0.181. The molecule has 1 aliphatic rings. The van der Waals surface area contributed by atoms with Gasteiger partial charge in [-0.1, -0.05) is 6.07 Å². The Morgan fingerprint density at radius 3 is 2.81 bits per heavy atom. The van der Waals surface area contributed by atoms with E-state index in [1.165, 1.54) is 22.9 Å². The first-order valence-electron chi connectivity index (χ1n) is 8.12. The summed E-state index contributed by atoms with van der Waals surface area (Å²) in [7, 11) is 0. The van der Waals surface area contributed by atoms with Crippen molar-refractivity contribution in [2.24, 2.45) is 0 Å². The SMILES string of the molecule is CC1(C)Oc2ccc(C#N)cc2C(n2cc(CO[N+](=O)[O-])ccc2=O)C1O. The highest BCUT2D eigenvalue weighted by Gasteiger charge is 2.44. The number of benzene rings is 1. The minimum Gasteiger partial charge on any atom is -0.485 e. The van der Waals surface area contributed by atoms with E-state index in [4.69, 9.17) is 4.74 Å². The average Bonchev–Trinajstić information content (AvgIpc) is 2.62. The molecule has 3 rings (SSSR count). The summed E-state index contributed by atoms with van der Waals surface area (Å²) >= 11 is 0. The number of fused-ring (bicyclic) bond motifs is 1. The van der Waals surface area contributed by atoms with Crippen molar-refractivity contribution in [1.82, 2.24) is 4.57 Å². The summed E-state index contributed by atoms with van der Waals surface area (Å²) in [5, 5.41) is 29.6. The van der Waals surface area contributed by atoms with Crippen molar-refractivity contribution in [3.8, 4) is 11.8 Å². The summed E-state index contributed by atoms with van der Waals surface area (Å²) in [6.07, 6.45) is 0.299. The highest BCUT2D eigenvalue weighted by molar-refractivity contribution is 5.46. The molecule has 2 atom stereocenters. The van der Waals surface area contributed by atoms with Crippen LogP contribution in [-0.2, 0) is 11.4 Å². The molecule has 0 fully saturated rings. The third-order valence-electron chi connectivity index (χ3n) is 4.48. The predicted molar refractivity (Wildman–Crippen MR) is 92.5 cm³/mol. The lowest BCUT2D eigenvalue weighted by Gasteiger charge is -2.42. The van der Waals surface area contributed by atoms with Crippen LogP contribution in [-0.4, -0.2) is 26.5 Å². The quantitative estimate of drug-likeness (QED) is 0.638. The van der Waals surface area contributed by atoms with Gasteiger partial charge in [0.05, 0.1) is 17.7 Å². The maximum Gasteiger partial charge on any atom is 0.294 e. The number of pyridine rings is 1. The van der Waals surface area contributed by atoms with Gasteiger partial charge in [-0.2, -0.15) is 5.26 Å². The first-order valence-corrected chi connectivity index (χ1v) is 8.12. The van der Waals surface area contributed by atoms with Gasteiger partial charge in [0.1, 0.15) is 24.1 Å². The molecular formula is C18H17N3O6. The van der Waals surface area contributed by atoms with Gasteiger partial charge in [0.25, 0.3) is 10.6 Å². The second-order valence-electron chi connectivity index (χ2n) is 6.74. The summed E-state index contributed by atoms with van der Waals surface area (Å²) in [5.74, 6) is 0.452. The number of nitrogens with zero attached hydrogens (tertiary/aromatic N) is 3. The standard InChI is InChI=1S/C18H17N3O6/c1-18(2)17(23)16(13-7-11(8-19)3-5-14(13)27-18)20-9-12(4-6-15(20)22)10-26-21(24)25/h3-7,9,16-17,23H,10H2,1-2H3. The van der Waals surface area contributed by atoms with E-state index in [1.54, 1.807) is 32.0 Å². The molecule has 1 N–H and O–H groups in total. The molecule has 1 aromatic carbocycles. The smallest absolute Gasteiger partial charge is 0.294 e. The molecular weight excluding hydrogens is 354 g/mol. The fourth-order valence-corrected chi connectivity index (χ4v) is 3.12. The second-order valence-corrected chi connectivity index (χ2v) is 6.74. The van der Waals surface area contributed by atoms with Gasteiger partial charge in [-0.3, -0.25) is 4.79 Å². The molecule has 0 saturated carbocycles. The number of hydrogen-bond acceptors (Lipinski definition) is 7. The summed E-state index contributed by atoms with van der Waals surface area (Å²) in [4.78, 5) is 27.3. The fourth-order valence-electron chi connectivity index (χ4n) is 3.12. The number of aromatic nitrogens is 1. The third-order valence-corrected chi connectivity index (χ3v) is 4.48. The van der Waals surface area contributed by atoms with Gasteiger partial charge in [0.2, 0.25) is 0 Å². The lowest BCUT2D eigenvalue weighted by Crippen LogP contribution is -2.52. The van der Waals surface area contributed by atoms with Gasteiger partial charge in [0.15, 0.2) is 0 Å². The molecule has 9 nitrogen and oxygen atoms in total. The van der Waals surface area contributed by atoms with Gasteiger partial charge in [-0.15, -0.1) is 10.1 Å². The van der Waals surface area contributed by atoms with Crippen LogP contribution in [0.25, 0.3) is 0 Å². The predicted octanol–water partition coefficient (Wildman–Crippen LogP) is 1.55. The normalized spacial score (nSPS) is 20.1. The number of nitriles is 1. The van der Waals surface area contributed by atoms with Crippen molar-refractivity contribution in [1.29, 1.82) is 5.26 Å². The largest absolute Gasteiger partial charge is 0.485 e. The Morgan fingerprint density at radius 1 is 1.41 bits per heavy atom. The Bertz CT molecular complexity index is 991. The maximum absolute atomic E-state index is 12.5. The lowest BCUT2D eigenvalue weighted by atomic mass is 9.85. The molecule has 0 radical (unpaired) electrons. The van der Waals surface area contributed by atoms with E-state index in [0.717, 1.165) is 0 Å². The van der Waals surface area contributed by atoms with Crippen LogP contribution in [0.4, 0.5) is 0 Å². The molecule has 27 heavy (non-hydrogen) atoms. The Morgan fingerprint density at radius 2 is 2.15 bits per heavy atom. The van der Waals surface area contributed by atoms with Gasteiger partial charge in [-0.25, -0.2) is 0 Å². The molecule has 140 valence electrons. The number of ether oxygens (including phenoxy) is 1. The van der Waals surface area contributed by atoms with Crippen molar-refractivity contribution < 1.29 is 19.8 Å². The van der Waals surface area contributed by atoms with E-state index in [0.29, 0.717) is 22.4 Å². The summed E-state index contributed by atoms with van der Waals surface area (Å²) in [6.45, 7) is 3.05. The van der Waals surface area contributed by atoms with Crippen LogP contribution in [0.3, 0.4) is 0 Å². The number of hydrogen-bond donors (Lipinski definition) is 1. The Balaban J connectivity index is 2.15. The van der Waals surface area contributed by atoms with E-state index in [9.17, 15) is 25.3 Å². The van der Waals surface area contributed by atoms with Crippen molar-refractivity contribution in [3.63, 3.8) is 0 Å². The molecule has 0 saturated heterocycles. The molecule has 9 heteroatoms. The molecule has 2 aromatic rings. The van der Waals surface area contributed by atoms with E-state index >= 15 is 0 Å². The molecule has 0 amide bonds. The van der Waals surface area contributed by atoms with Crippen LogP contribution < -0.4 is 10.3 Å². The maximum atomic E-state index is 12.5. The number of rotatable bonds is 4. The second kappa shape index (κ2) is 6.74. The molecule has 2 heterocycles. The van der Waals surface area contributed by atoms with Gasteiger partial charge in [0, 0.05) is 17.8 Å². The lowest BCUT2D eigenvalue weighted by molar-refractivity contribution is -0.763. The van der Waals surface area contributed by atoms with E-state index in [1.807, 2.05) is 6.07 Å².